The fourth-order valence-corrected chi connectivity index (χ4v) is 4.32. The molecule has 0 amide bonds. The van der Waals surface area contributed by atoms with Crippen LogP contribution in [0.1, 0.15) is 39.0 Å². The number of anilines is 1. The van der Waals surface area contributed by atoms with Crippen molar-refractivity contribution in [3.05, 3.63) is 60.0 Å². The van der Waals surface area contributed by atoms with Crippen molar-refractivity contribution in [2.45, 2.75) is 58.0 Å². The summed E-state index contributed by atoms with van der Waals surface area (Å²) in [6, 6.07) is 14.3. The molecular weight excluding hydrogens is 518 g/mol. The van der Waals surface area contributed by atoms with Gasteiger partial charge in [0, 0.05) is 0 Å². The van der Waals surface area contributed by atoms with Gasteiger partial charge in [0.05, 0.1) is 24.0 Å². The third-order valence-electron chi connectivity index (χ3n) is 6.47. The number of aromatic nitrogens is 3. The van der Waals surface area contributed by atoms with Crippen molar-refractivity contribution in [2.75, 3.05) is 12.3 Å². The smallest absolute Gasteiger partial charge is 0.310 e. The second-order valence-electron chi connectivity index (χ2n) is 10.1. The SMILES string of the molecule is CC(C)C(=O)O[C@H]1[C@@H](OC(=O)C(C)C)[C@](C#N)(c2ccc3c(N)ncnn23)O[C@@H]1COC(=O)Cc1ccccc1. The van der Waals surface area contributed by atoms with Gasteiger partial charge in [-0.05, 0) is 17.7 Å². The number of nitrogens with zero attached hydrogens (tertiary/aromatic N) is 4. The topological polar surface area (TPSA) is 168 Å². The summed E-state index contributed by atoms with van der Waals surface area (Å²) in [7, 11) is 0. The van der Waals surface area contributed by atoms with Crippen molar-refractivity contribution in [2.24, 2.45) is 11.8 Å². The second-order valence-corrected chi connectivity index (χ2v) is 10.1. The minimum atomic E-state index is -2.00. The molecule has 2 N–H and O–H groups in total. The lowest BCUT2D eigenvalue weighted by Crippen LogP contribution is -2.47. The minimum absolute atomic E-state index is 0.00129. The summed E-state index contributed by atoms with van der Waals surface area (Å²) in [4.78, 5) is 42.3. The minimum Gasteiger partial charge on any atom is -0.463 e. The van der Waals surface area contributed by atoms with Crippen LogP contribution in [0.15, 0.2) is 48.8 Å². The van der Waals surface area contributed by atoms with E-state index in [9.17, 15) is 19.6 Å². The first-order valence-corrected chi connectivity index (χ1v) is 12.9. The number of nitrogens with two attached hydrogens (primary N) is 1. The number of esters is 3. The lowest BCUT2D eigenvalue weighted by Gasteiger charge is -2.29. The number of benzene rings is 1. The average Bonchev–Trinajstić information content (AvgIpc) is 3.49. The Hall–Kier alpha value is -4.50. The molecule has 210 valence electrons. The van der Waals surface area contributed by atoms with Crippen LogP contribution in [0.2, 0.25) is 0 Å². The second kappa shape index (κ2) is 11.7. The zero-order valence-corrected chi connectivity index (χ0v) is 22.6. The third kappa shape index (κ3) is 5.60. The van der Waals surface area contributed by atoms with Crippen molar-refractivity contribution in [1.29, 1.82) is 5.26 Å². The van der Waals surface area contributed by atoms with E-state index < -0.39 is 53.7 Å². The van der Waals surface area contributed by atoms with E-state index in [2.05, 4.69) is 16.2 Å². The van der Waals surface area contributed by atoms with E-state index in [1.807, 2.05) is 6.07 Å². The van der Waals surface area contributed by atoms with E-state index >= 15 is 0 Å². The van der Waals surface area contributed by atoms with Crippen LogP contribution < -0.4 is 5.73 Å². The first-order chi connectivity index (χ1) is 19.1. The molecule has 3 heterocycles. The van der Waals surface area contributed by atoms with Crippen molar-refractivity contribution >= 4 is 29.2 Å². The molecule has 3 aromatic rings. The van der Waals surface area contributed by atoms with Gasteiger partial charge in [0.25, 0.3) is 0 Å². The summed E-state index contributed by atoms with van der Waals surface area (Å²) in [5, 5.41) is 14.8. The lowest BCUT2D eigenvalue weighted by molar-refractivity contribution is -0.173. The molecule has 0 unspecified atom stereocenters. The number of carbonyl (C=O) groups is 3. The molecule has 40 heavy (non-hydrogen) atoms. The molecule has 4 rings (SSSR count). The molecule has 1 fully saturated rings. The maximum absolute atomic E-state index is 12.9. The standard InChI is InChI=1S/C28H31N5O7/c1-16(2)26(35)38-23-20(13-37-22(34)12-18-8-6-5-7-9-18)40-28(14-29,24(23)39-27(36)17(3)4)21-11-10-19-25(30)31-15-32-33(19)21/h5-11,15-17,20,23-24H,12-13H2,1-4H3,(H2,30,31,32)/t20-,23-,24-,28+/m1/s1. The van der Waals surface area contributed by atoms with Gasteiger partial charge in [-0.15, -0.1) is 0 Å². The molecule has 12 heteroatoms. The van der Waals surface area contributed by atoms with Gasteiger partial charge in [-0.1, -0.05) is 58.0 Å². The zero-order valence-electron chi connectivity index (χ0n) is 22.6. The molecule has 1 aliphatic rings. The largest absolute Gasteiger partial charge is 0.463 e. The van der Waals surface area contributed by atoms with E-state index in [1.165, 1.54) is 10.8 Å². The molecule has 12 nitrogen and oxygen atoms in total. The highest BCUT2D eigenvalue weighted by molar-refractivity contribution is 5.74. The average molecular weight is 550 g/mol. The molecule has 0 radical (unpaired) electrons. The molecule has 2 aromatic heterocycles. The van der Waals surface area contributed by atoms with Crippen molar-refractivity contribution < 1.29 is 33.3 Å². The highest BCUT2D eigenvalue weighted by Gasteiger charge is 2.63. The number of rotatable bonds is 9. The Morgan fingerprint density at radius 1 is 1.07 bits per heavy atom. The monoisotopic (exact) mass is 549 g/mol. The highest BCUT2D eigenvalue weighted by atomic mass is 16.7. The van der Waals surface area contributed by atoms with Gasteiger partial charge in [0.15, 0.2) is 18.0 Å². The Morgan fingerprint density at radius 2 is 1.75 bits per heavy atom. The summed E-state index contributed by atoms with van der Waals surface area (Å²) in [5.41, 5.74) is 5.30. The van der Waals surface area contributed by atoms with Crippen LogP contribution in [0.3, 0.4) is 0 Å². The van der Waals surface area contributed by atoms with Crippen LogP contribution in [-0.4, -0.2) is 57.4 Å². The summed E-state index contributed by atoms with van der Waals surface area (Å²) in [6.07, 6.45) is -2.66. The van der Waals surface area contributed by atoms with Gasteiger partial charge in [0.1, 0.15) is 30.6 Å². The molecular formula is C28H31N5O7. The van der Waals surface area contributed by atoms with E-state index in [0.29, 0.717) is 5.52 Å². The summed E-state index contributed by atoms with van der Waals surface area (Å²) in [5.74, 6) is -2.76. The Morgan fingerprint density at radius 3 is 2.40 bits per heavy atom. The van der Waals surface area contributed by atoms with Gasteiger partial charge in [0.2, 0.25) is 5.60 Å². The number of hydrogen-bond acceptors (Lipinski definition) is 11. The molecule has 0 aliphatic carbocycles. The van der Waals surface area contributed by atoms with Gasteiger partial charge >= 0.3 is 17.9 Å². The van der Waals surface area contributed by atoms with E-state index in [-0.39, 0.29) is 24.5 Å². The predicted octanol–water partition coefficient (Wildman–Crippen LogP) is 2.35. The molecule has 1 aromatic carbocycles. The predicted molar refractivity (Wildman–Crippen MR) is 140 cm³/mol. The van der Waals surface area contributed by atoms with Gasteiger partial charge < -0.3 is 24.7 Å². The maximum Gasteiger partial charge on any atom is 0.310 e. The van der Waals surface area contributed by atoms with Gasteiger partial charge in [-0.25, -0.2) is 9.50 Å². The number of nitriles is 1. The van der Waals surface area contributed by atoms with Crippen LogP contribution in [-0.2, 0) is 45.4 Å². The summed E-state index contributed by atoms with van der Waals surface area (Å²) in [6.45, 7) is 6.16. The third-order valence-corrected chi connectivity index (χ3v) is 6.47. The van der Waals surface area contributed by atoms with Gasteiger partial charge in [-0.3, -0.25) is 14.4 Å². The molecule has 0 spiro atoms. The fourth-order valence-electron chi connectivity index (χ4n) is 4.32. The van der Waals surface area contributed by atoms with E-state index in [0.717, 1.165) is 5.56 Å². The Bertz CT molecular complexity index is 1430. The van der Waals surface area contributed by atoms with Crippen LogP contribution in [0.5, 0.6) is 0 Å². The van der Waals surface area contributed by atoms with Crippen LogP contribution in [0.4, 0.5) is 5.82 Å². The Balaban J connectivity index is 1.74. The summed E-state index contributed by atoms with van der Waals surface area (Å²) < 4.78 is 24.7. The molecule has 0 bridgehead atoms. The molecule has 0 saturated carbocycles. The van der Waals surface area contributed by atoms with Crippen LogP contribution in [0.25, 0.3) is 5.52 Å². The van der Waals surface area contributed by atoms with Gasteiger partial charge in [-0.2, -0.15) is 10.4 Å². The van der Waals surface area contributed by atoms with E-state index in [4.69, 9.17) is 24.7 Å². The first kappa shape index (κ1) is 28.5. The molecule has 1 aliphatic heterocycles. The number of hydrogen-bond donors (Lipinski definition) is 1. The lowest BCUT2D eigenvalue weighted by atomic mass is 9.91. The number of ether oxygens (including phenoxy) is 4. The zero-order chi connectivity index (χ0) is 29.0. The normalized spacial score (nSPS) is 22.3. The Labute approximate surface area is 231 Å². The summed E-state index contributed by atoms with van der Waals surface area (Å²) >= 11 is 0. The first-order valence-electron chi connectivity index (χ1n) is 12.9. The van der Waals surface area contributed by atoms with Crippen LogP contribution in [0, 0.1) is 23.2 Å². The Kier molecular flexibility index (Phi) is 8.35. The number of fused-ring (bicyclic) bond motifs is 1. The molecule has 1 saturated heterocycles. The van der Waals surface area contributed by atoms with Crippen molar-refractivity contribution in [3.8, 4) is 6.07 Å². The number of nitrogen functional groups attached to an aromatic ring is 1. The van der Waals surface area contributed by atoms with Crippen molar-refractivity contribution in [1.82, 2.24) is 14.6 Å². The number of carbonyl (C=O) groups excluding carboxylic acids is 3. The fraction of sp³-hybridized carbons (Fsp3) is 0.429. The molecule has 4 atom stereocenters. The highest BCUT2D eigenvalue weighted by Crippen LogP contribution is 2.44. The quantitative estimate of drug-likeness (QED) is 0.307. The van der Waals surface area contributed by atoms with Crippen LogP contribution >= 0.6 is 0 Å². The van der Waals surface area contributed by atoms with Crippen molar-refractivity contribution in [3.63, 3.8) is 0 Å². The van der Waals surface area contributed by atoms with E-state index in [1.54, 1.807) is 64.1 Å². The maximum atomic E-state index is 12.9.